The topological polar surface area (TPSA) is 95.6 Å². The Hall–Kier alpha value is -2.71. The zero-order valence-corrected chi connectivity index (χ0v) is 18.3. The Balaban J connectivity index is 1.63. The molecule has 1 atom stereocenters. The molecule has 1 fully saturated rings. The molecule has 1 saturated heterocycles. The maximum absolute atomic E-state index is 13.0. The molecule has 0 saturated carbocycles. The molecule has 7 nitrogen and oxygen atoms in total. The van der Waals surface area contributed by atoms with Gasteiger partial charge in [0.15, 0.2) is 0 Å². The van der Waals surface area contributed by atoms with E-state index in [1.54, 1.807) is 24.3 Å². The van der Waals surface area contributed by atoms with Crippen molar-refractivity contribution >= 4 is 27.5 Å². The van der Waals surface area contributed by atoms with Crippen molar-refractivity contribution in [3.8, 4) is 0 Å². The smallest absolute Gasteiger partial charge is 0.313 e. The molecule has 30 heavy (non-hydrogen) atoms. The summed E-state index contributed by atoms with van der Waals surface area (Å²) >= 11 is 0. The van der Waals surface area contributed by atoms with E-state index in [0.717, 1.165) is 16.7 Å². The normalized spacial score (nSPS) is 17.0. The lowest BCUT2D eigenvalue weighted by molar-refractivity contribution is -0.136. The first-order valence-corrected chi connectivity index (χ1v) is 11.4. The first-order valence-electron chi connectivity index (χ1n) is 9.94. The Labute approximate surface area is 177 Å². The molecule has 2 amide bonds. The van der Waals surface area contributed by atoms with Crippen LogP contribution < -0.4 is 10.6 Å². The fourth-order valence-corrected chi connectivity index (χ4v) is 5.34. The van der Waals surface area contributed by atoms with Crippen LogP contribution in [0.5, 0.6) is 0 Å². The third-order valence-electron chi connectivity index (χ3n) is 5.37. The standard InChI is InChI=1S/C22H27N3O4S/c1-15-9-11-19(12-10-15)30(28,29)25-13-5-8-18(25)14-23-21(26)22(27)24-20-16(2)6-4-7-17(20)3/h4,6-7,9-12,18H,5,8,13-14H2,1-3H3,(H,23,26)(H,24,27)/t18-/m1/s1. The van der Waals surface area contributed by atoms with Gasteiger partial charge in [-0.25, -0.2) is 8.42 Å². The number of amides is 2. The summed E-state index contributed by atoms with van der Waals surface area (Å²) in [5.74, 6) is -1.55. The Morgan fingerprint density at radius 3 is 2.27 bits per heavy atom. The van der Waals surface area contributed by atoms with Gasteiger partial charge in [-0.15, -0.1) is 0 Å². The summed E-state index contributed by atoms with van der Waals surface area (Å²) in [6, 6.07) is 11.9. The number of carbonyl (C=O) groups excluding carboxylic acids is 2. The second-order valence-electron chi connectivity index (χ2n) is 7.66. The molecule has 8 heteroatoms. The van der Waals surface area contributed by atoms with E-state index in [-0.39, 0.29) is 17.5 Å². The number of rotatable bonds is 5. The van der Waals surface area contributed by atoms with Crippen LogP contribution in [0, 0.1) is 20.8 Å². The summed E-state index contributed by atoms with van der Waals surface area (Å²) < 4.78 is 27.4. The van der Waals surface area contributed by atoms with E-state index in [9.17, 15) is 18.0 Å². The van der Waals surface area contributed by atoms with Crippen LogP contribution in [-0.2, 0) is 19.6 Å². The van der Waals surface area contributed by atoms with Crippen LogP contribution in [0.25, 0.3) is 0 Å². The first kappa shape index (κ1) is 22.0. The fourth-order valence-electron chi connectivity index (χ4n) is 3.65. The SMILES string of the molecule is Cc1ccc(S(=O)(=O)N2CCC[C@@H]2CNC(=O)C(=O)Nc2c(C)cccc2C)cc1. The second kappa shape index (κ2) is 8.97. The highest BCUT2D eigenvalue weighted by Gasteiger charge is 2.35. The molecule has 160 valence electrons. The molecule has 0 aromatic heterocycles. The van der Waals surface area contributed by atoms with Gasteiger partial charge in [0.25, 0.3) is 0 Å². The summed E-state index contributed by atoms with van der Waals surface area (Å²) in [7, 11) is -3.65. The van der Waals surface area contributed by atoms with E-state index in [0.29, 0.717) is 25.1 Å². The minimum atomic E-state index is -3.65. The molecule has 2 aromatic carbocycles. The largest absolute Gasteiger partial charge is 0.346 e. The second-order valence-corrected chi connectivity index (χ2v) is 9.55. The van der Waals surface area contributed by atoms with Crippen molar-refractivity contribution in [3.63, 3.8) is 0 Å². The van der Waals surface area contributed by atoms with Crippen molar-refractivity contribution in [2.75, 3.05) is 18.4 Å². The van der Waals surface area contributed by atoms with Gasteiger partial charge in [0.1, 0.15) is 0 Å². The summed E-state index contributed by atoms with van der Waals surface area (Å²) in [6.45, 7) is 6.09. The monoisotopic (exact) mass is 429 g/mol. The van der Waals surface area contributed by atoms with Crippen molar-refractivity contribution in [1.82, 2.24) is 9.62 Å². The van der Waals surface area contributed by atoms with Crippen molar-refractivity contribution in [2.45, 2.75) is 44.6 Å². The molecule has 1 aliphatic heterocycles. The van der Waals surface area contributed by atoms with E-state index >= 15 is 0 Å². The number of benzene rings is 2. The van der Waals surface area contributed by atoms with Crippen LogP contribution in [0.1, 0.15) is 29.5 Å². The van der Waals surface area contributed by atoms with Gasteiger partial charge in [-0.05, 0) is 56.9 Å². The average Bonchev–Trinajstić information content (AvgIpc) is 3.19. The summed E-state index contributed by atoms with van der Waals surface area (Å²) in [5, 5.41) is 5.23. The molecular weight excluding hydrogens is 402 g/mol. The Morgan fingerprint density at radius 2 is 1.63 bits per heavy atom. The zero-order chi connectivity index (χ0) is 21.9. The van der Waals surface area contributed by atoms with E-state index in [1.165, 1.54) is 4.31 Å². The molecule has 0 spiro atoms. The predicted molar refractivity (Wildman–Crippen MR) is 116 cm³/mol. The van der Waals surface area contributed by atoms with Gasteiger partial charge in [0.05, 0.1) is 4.90 Å². The lowest BCUT2D eigenvalue weighted by Crippen LogP contribution is -2.45. The number of aryl methyl sites for hydroxylation is 3. The zero-order valence-electron chi connectivity index (χ0n) is 17.4. The number of para-hydroxylation sites is 1. The highest BCUT2D eigenvalue weighted by atomic mass is 32.2. The van der Waals surface area contributed by atoms with Gasteiger partial charge >= 0.3 is 11.8 Å². The Kier molecular flexibility index (Phi) is 6.58. The lowest BCUT2D eigenvalue weighted by Gasteiger charge is -2.24. The van der Waals surface area contributed by atoms with Crippen LogP contribution in [0.3, 0.4) is 0 Å². The van der Waals surface area contributed by atoms with Gasteiger partial charge in [-0.2, -0.15) is 4.31 Å². The van der Waals surface area contributed by atoms with E-state index in [4.69, 9.17) is 0 Å². The maximum Gasteiger partial charge on any atom is 0.313 e. The highest BCUT2D eigenvalue weighted by Crippen LogP contribution is 2.26. The number of hydrogen-bond acceptors (Lipinski definition) is 4. The number of nitrogens with one attached hydrogen (secondary N) is 2. The van der Waals surface area contributed by atoms with Crippen LogP contribution in [0.2, 0.25) is 0 Å². The van der Waals surface area contributed by atoms with Gasteiger partial charge in [0.2, 0.25) is 10.0 Å². The Bertz CT molecular complexity index is 1030. The molecule has 0 radical (unpaired) electrons. The summed E-state index contributed by atoms with van der Waals surface area (Å²) in [5.41, 5.74) is 3.32. The van der Waals surface area contributed by atoms with Crippen LogP contribution in [0.4, 0.5) is 5.69 Å². The van der Waals surface area contributed by atoms with E-state index < -0.39 is 21.8 Å². The third-order valence-corrected chi connectivity index (χ3v) is 7.34. The average molecular weight is 430 g/mol. The molecule has 0 aliphatic carbocycles. The molecule has 1 aliphatic rings. The van der Waals surface area contributed by atoms with Crippen LogP contribution in [0.15, 0.2) is 47.4 Å². The van der Waals surface area contributed by atoms with Gasteiger partial charge in [-0.3, -0.25) is 9.59 Å². The number of sulfonamides is 1. The van der Waals surface area contributed by atoms with Crippen LogP contribution in [-0.4, -0.2) is 43.7 Å². The van der Waals surface area contributed by atoms with Crippen LogP contribution >= 0.6 is 0 Å². The minimum Gasteiger partial charge on any atom is -0.346 e. The fraction of sp³-hybridized carbons (Fsp3) is 0.364. The molecular formula is C22H27N3O4S. The van der Waals surface area contributed by atoms with Gasteiger partial charge in [0, 0.05) is 24.8 Å². The number of hydrogen-bond donors (Lipinski definition) is 2. The van der Waals surface area contributed by atoms with E-state index in [1.807, 2.05) is 39.0 Å². The third kappa shape index (κ3) is 4.71. The van der Waals surface area contributed by atoms with Gasteiger partial charge < -0.3 is 10.6 Å². The van der Waals surface area contributed by atoms with Crippen molar-refractivity contribution < 1.29 is 18.0 Å². The van der Waals surface area contributed by atoms with Crippen molar-refractivity contribution in [1.29, 1.82) is 0 Å². The first-order chi connectivity index (χ1) is 14.2. The minimum absolute atomic E-state index is 0.0874. The molecule has 3 rings (SSSR count). The molecule has 1 heterocycles. The Morgan fingerprint density at radius 1 is 1.00 bits per heavy atom. The summed E-state index contributed by atoms with van der Waals surface area (Å²) in [6.07, 6.45) is 1.34. The summed E-state index contributed by atoms with van der Waals surface area (Å²) in [4.78, 5) is 24.8. The predicted octanol–water partition coefficient (Wildman–Crippen LogP) is 2.52. The number of anilines is 1. The van der Waals surface area contributed by atoms with Crippen molar-refractivity contribution in [3.05, 3.63) is 59.2 Å². The number of nitrogens with zero attached hydrogens (tertiary/aromatic N) is 1. The lowest BCUT2D eigenvalue weighted by atomic mass is 10.1. The molecule has 2 N–H and O–H groups in total. The van der Waals surface area contributed by atoms with Crippen molar-refractivity contribution in [2.24, 2.45) is 0 Å². The van der Waals surface area contributed by atoms with Gasteiger partial charge in [-0.1, -0.05) is 35.9 Å². The molecule has 0 bridgehead atoms. The highest BCUT2D eigenvalue weighted by molar-refractivity contribution is 7.89. The molecule has 2 aromatic rings. The quantitative estimate of drug-likeness (QED) is 0.714. The maximum atomic E-state index is 13.0. The molecule has 0 unspecified atom stereocenters. The number of carbonyl (C=O) groups is 2. The van der Waals surface area contributed by atoms with E-state index in [2.05, 4.69) is 10.6 Å².